The summed E-state index contributed by atoms with van der Waals surface area (Å²) in [7, 11) is 1.69. The topological polar surface area (TPSA) is 68.0 Å². The van der Waals surface area contributed by atoms with Crippen LogP contribution in [0.2, 0.25) is 0 Å². The first-order valence-corrected chi connectivity index (χ1v) is 8.85. The van der Waals surface area contributed by atoms with E-state index >= 15 is 0 Å². The molecule has 0 saturated heterocycles. The molecule has 3 aliphatic rings. The number of rotatable bonds is 4. The molecule has 1 aromatic rings. The quantitative estimate of drug-likeness (QED) is 0.820. The maximum atomic E-state index is 10.1. The van der Waals surface area contributed by atoms with Gasteiger partial charge < -0.3 is 20.3 Å². The predicted molar refractivity (Wildman–Crippen MR) is 92.4 cm³/mol. The smallest absolute Gasteiger partial charge is 0.166 e. The molecular weight excluding hydrogens is 304 g/mol. The van der Waals surface area contributed by atoms with Gasteiger partial charge in [0.15, 0.2) is 11.5 Å². The molecule has 0 amide bonds. The molecule has 3 atom stereocenters. The number of aliphatic hydroxyl groups is 1. The molecule has 5 heteroatoms. The number of hydrogen-bond donors (Lipinski definition) is 2. The highest BCUT2D eigenvalue weighted by molar-refractivity contribution is 5.60. The standard InChI is InChI=1S/C19H26N2O3/c1-23-15-4-3-13-12-21(9-2-8-20)10-7-19-6-5-14(22)11-16(19)24-18(15)17(13)19/h3-6,14,16,22H,2,7-12,20H2,1H3. The molecule has 0 aromatic heterocycles. The number of ether oxygens (including phenoxy) is 2. The lowest BCUT2D eigenvalue weighted by molar-refractivity contribution is 0.0810. The van der Waals surface area contributed by atoms with Crippen molar-refractivity contribution in [3.63, 3.8) is 0 Å². The highest BCUT2D eigenvalue weighted by Crippen LogP contribution is 2.55. The second-order valence-corrected chi connectivity index (χ2v) is 7.11. The fourth-order valence-corrected chi connectivity index (χ4v) is 4.50. The molecule has 1 aliphatic carbocycles. The van der Waals surface area contributed by atoms with E-state index in [-0.39, 0.29) is 11.5 Å². The van der Waals surface area contributed by atoms with E-state index in [4.69, 9.17) is 15.2 Å². The summed E-state index contributed by atoms with van der Waals surface area (Å²) in [4.78, 5) is 2.48. The first-order valence-electron chi connectivity index (χ1n) is 8.85. The number of benzene rings is 1. The Morgan fingerprint density at radius 1 is 1.46 bits per heavy atom. The summed E-state index contributed by atoms with van der Waals surface area (Å²) in [5.41, 5.74) is 8.13. The first-order chi connectivity index (χ1) is 11.7. The molecule has 5 nitrogen and oxygen atoms in total. The third kappa shape index (κ3) is 2.34. The van der Waals surface area contributed by atoms with Gasteiger partial charge in [-0.1, -0.05) is 18.2 Å². The molecule has 2 aliphatic heterocycles. The van der Waals surface area contributed by atoms with Gasteiger partial charge >= 0.3 is 0 Å². The summed E-state index contributed by atoms with van der Waals surface area (Å²) in [6.07, 6.45) is 6.33. The highest BCUT2D eigenvalue weighted by Gasteiger charge is 2.52. The monoisotopic (exact) mass is 330 g/mol. The average molecular weight is 330 g/mol. The van der Waals surface area contributed by atoms with Crippen LogP contribution >= 0.6 is 0 Å². The van der Waals surface area contributed by atoms with Crippen LogP contribution < -0.4 is 15.2 Å². The number of nitrogens with zero attached hydrogens (tertiary/aromatic N) is 1. The summed E-state index contributed by atoms with van der Waals surface area (Å²) in [6, 6.07) is 4.18. The van der Waals surface area contributed by atoms with Crippen molar-refractivity contribution < 1.29 is 14.6 Å². The number of hydrogen-bond acceptors (Lipinski definition) is 5. The maximum absolute atomic E-state index is 10.1. The molecule has 130 valence electrons. The van der Waals surface area contributed by atoms with Crippen LogP contribution in [0.4, 0.5) is 0 Å². The van der Waals surface area contributed by atoms with Crippen molar-refractivity contribution in [2.75, 3.05) is 26.7 Å². The molecule has 0 radical (unpaired) electrons. The van der Waals surface area contributed by atoms with Crippen molar-refractivity contribution in [2.45, 2.75) is 43.4 Å². The van der Waals surface area contributed by atoms with Crippen molar-refractivity contribution in [2.24, 2.45) is 5.73 Å². The SMILES string of the molecule is COc1ccc2c3c1OC1CC(O)C=CC31CCN(CCCN)C2. The van der Waals surface area contributed by atoms with Gasteiger partial charge in [0.1, 0.15) is 6.10 Å². The van der Waals surface area contributed by atoms with E-state index in [9.17, 15) is 5.11 Å². The van der Waals surface area contributed by atoms with E-state index < -0.39 is 6.10 Å². The Morgan fingerprint density at radius 2 is 2.33 bits per heavy atom. The molecule has 0 saturated carbocycles. The lowest BCUT2D eigenvalue weighted by atomic mass is 9.69. The second-order valence-electron chi connectivity index (χ2n) is 7.11. The fourth-order valence-electron chi connectivity index (χ4n) is 4.50. The van der Waals surface area contributed by atoms with Gasteiger partial charge in [-0.15, -0.1) is 0 Å². The van der Waals surface area contributed by atoms with Crippen LogP contribution in [-0.2, 0) is 12.0 Å². The van der Waals surface area contributed by atoms with Gasteiger partial charge in [0.05, 0.1) is 18.6 Å². The maximum Gasteiger partial charge on any atom is 0.166 e. The lowest BCUT2D eigenvalue weighted by Crippen LogP contribution is -2.43. The Balaban J connectivity index is 1.80. The van der Waals surface area contributed by atoms with Gasteiger partial charge in [-0.2, -0.15) is 0 Å². The zero-order valence-corrected chi connectivity index (χ0v) is 14.2. The minimum absolute atomic E-state index is 0.0167. The molecule has 0 fully saturated rings. The van der Waals surface area contributed by atoms with Gasteiger partial charge in [0, 0.05) is 18.5 Å². The van der Waals surface area contributed by atoms with Gasteiger partial charge in [-0.3, -0.25) is 4.90 Å². The van der Waals surface area contributed by atoms with E-state index in [1.54, 1.807) is 7.11 Å². The Bertz CT molecular complexity index is 660. The Labute approximate surface area is 143 Å². The van der Waals surface area contributed by atoms with Crippen LogP contribution in [0.3, 0.4) is 0 Å². The molecule has 3 N–H and O–H groups in total. The largest absolute Gasteiger partial charge is 0.493 e. The Kier molecular flexibility index (Phi) is 4.03. The third-order valence-electron chi connectivity index (χ3n) is 5.71. The number of methoxy groups -OCH3 is 1. The van der Waals surface area contributed by atoms with E-state index in [2.05, 4.69) is 17.0 Å². The summed E-state index contributed by atoms with van der Waals surface area (Å²) in [6.45, 7) is 3.67. The zero-order valence-electron chi connectivity index (χ0n) is 14.2. The fraction of sp³-hybridized carbons (Fsp3) is 0.579. The molecule has 0 bridgehead atoms. The molecular formula is C19H26N2O3. The molecule has 4 rings (SSSR count). The van der Waals surface area contributed by atoms with Crippen molar-refractivity contribution in [1.82, 2.24) is 4.90 Å². The summed E-state index contributed by atoms with van der Waals surface area (Å²) >= 11 is 0. The normalized spacial score (nSPS) is 31.1. The van der Waals surface area contributed by atoms with E-state index in [1.807, 2.05) is 12.1 Å². The van der Waals surface area contributed by atoms with E-state index in [1.165, 1.54) is 11.1 Å². The Morgan fingerprint density at radius 3 is 3.12 bits per heavy atom. The summed E-state index contributed by atoms with van der Waals surface area (Å²) in [5.74, 6) is 1.67. The van der Waals surface area contributed by atoms with Gasteiger partial charge in [-0.25, -0.2) is 0 Å². The van der Waals surface area contributed by atoms with Crippen molar-refractivity contribution >= 4 is 0 Å². The predicted octanol–water partition coefficient (Wildman–Crippen LogP) is 1.57. The van der Waals surface area contributed by atoms with Crippen LogP contribution in [0.1, 0.15) is 30.4 Å². The number of nitrogens with two attached hydrogens (primary N) is 1. The lowest BCUT2D eigenvalue weighted by Gasteiger charge is -2.35. The minimum atomic E-state index is -0.430. The Hall–Kier alpha value is -1.56. The molecule has 2 heterocycles. The number of aliphatic hydroxyl groups excluding tert-OH is 1. The van der Waals surface area contributed by atoms with Gasteiger partial charge in [-0.05, 0) is 44.1 Å². The van der Waals surface area contributed by atoms with Crippen LogP contribution in [-0.4, -0.2) is 49.0 Å². The van der Waals surface area contributed by atoms with Crippen LogP contribution in [0.5, 0.6) is 11.5 Å². The van der Waals surface area contributed by atoms with E-state index in [0.717, 1.165) is 50.5 Å². The van der Waals surface area contributed by atoms with Crippen LogP contribution in [0, 0.1) is 0 Å². The third-order valence-corrected chi connectivity index (χ3v) is 5.71. The summed E-state index contributed by atoms with van der Waals surface area (Å²) in [5, 5.41) is 10.1. The van der Waals surface area contributed by atoms with Gasteiger partial charge in [0.25, 0.3) is 0 Å². The molecule has 3 unspecified atom stereocenters. The first kappa shape index (κ1) is 15.9. The van der Waals surface area contributed by atoms with Crippen LogP contribution in [0.25, 0.3) is 0 Å². The van der Waals surface area contributed by atoms with E-state index in [0.29, 0.717) is 6.42 Å². The average Bonchev–Trinajstić information content (AvgIpc) is 2.83. The van der Waals surface area contributed by atoms with Crippen LogP contribution in [0.15, 0.2) is 24.3 Å². The van der Waals surface area contributed by atoms with Crippen molar-refractivity contribution in [1.29, 1.82) is 0 Å². The molecule has 24 heavy (non-hydrogen) atoms. The molecule has 1 aromatic carbocycles. The summed E-state index contributed by atoms with van der Waals surface area (Å²) < 4.78 is 11.9. The van der Waals surface area contributed by atoms with Crippen molar-refractivity contribution in [3.8, 4) is 11.5 Å². The second kappa shape index (κ2) is 6.06. The van der Waals surface area contributed by atoms with Crippen molar-refractivity contribution in [3.05, 3.63) is 35.4 Å². The zero-order chi connectivity index (χ0) is 16.7. The van der Waals surface area contributed by atoms with Gasteiger partial charge in [0.2, 0.25) is 0 Å². The molecule has 1 spiro atoms. The minimum Gasteiger partial charge on any atom is -0.493 e. The highest BCUT2D eigenvalue weighted by atomic mass is 16.5.